The maximum atomic E-state index is 5.49. The minimum atomic E-state index is 0.628. The van der Waals surface area contributed by atoms with Crippen LogP contribution in [0.2, 0.25) is 0 Å². The van der Waals surface area contributed by atoms with Crippen molar-refractivity contribution in [1.82, 2.24) is 0 Å². The Morgan fingerprint density at radius 3 is 2.72 bits per heavy atom. The van der Waals surface area contributed by atoms with Crippen LogP contribution in [-0.2, 0) is 11.2 Å². The minimum Gasteiger partial charge on any atom is -0.378 e. The predicted molar refractivity (Wildman–Crippen MR) is 105 cm³/mol. The van der Waals surface area contributed by atoms with Crippen LogP contribution < -0.4 is 4.90 Å². The number of benzene rings is 2. The number of ether oxygens (including phenoxy) is 1. The fourth-order valence-corrected chi connectivity index (χ4v) is 4.71. The fraction of sp³-hybridized carbons (Fsp3) is 0.391. The summed E-state index contributed by atoms with van der Waals surface area (Å²) in [5.41, 5.74) is 7.42. The number of hydrogen-bond donors (Lipinski definition) is 0. The second kappa shape index (κ2) is 6.03. The average Bonchev–Trinajstić information content (AvgIpc) is 2.68. The summed E-state index contributed by atoms with van der Waals surface area (Å²) in [4.78, 5) is 2.44. The fourth-order valence-electron chi connectivity index (χ4n) is 4.71. The van der Waals surface area contributed by atoms with Gasteiger partial charge in [-0.05, 0) is 70.4 Å². The van der Waals surface area contributed by atoms with Crippen molar-refractivity contribution < 1.29 is 4.74 Å². The molecular weight excluding hydrogens is 306 g/mol. The van der Waals surface area contributed by atoms with E-state index in [9.17, 15) is 0 Å². The molecule has 5 rings (SSSR count). The molecule has 0 spiro atoms. The molecule has 1 aliphatic heterocycles. The summed E-state index contributed by atoms with van der Waals surface area (Å²) in [6.07, 6.45) is 8.47. The SMILES string of the molecule is CC1Cc2c(ccc3cc(N4CCOCC4)ccc23)C2=CCCC=C21. The van der Waals surface area contributed by atoms with E-state index in [0.29, 0.717) is 5.92 Å². The molecule has 0 N–H and O–H groups in total. The van der Waals surface area contributed by atoms with E-state index in [4.69, 9.17) is 4.74 Å². The van der Waals surface area contributed by atoms with E-state index in [1.807, 2.05) is 0 Å². The number of anilines is 1. The van der Waals surface area contributed by atoms with Crippen LogP contribution in [0.25, 0.3) is 16.3 Å². The molecule has 3 aliphatic rings. The summed E-state index contributed by atoms with van der Waals surface area (Å²) in [5, 5.41) is 2.81. The minimum absolute atomic E-state index is 0.628. The zero-order chi connectivity index (χ0) is 16.8. The zero-order valence-electron chi connectivity index (χ0n) is 14.9. The maximum absolute atomic E-state index is 5.49. The zero-order valence-corrected chi connectivity index (χ0v) is 14.9. The van der Waals surface area contributed by atoms with Crippen molar-refractivity contribution in [3.05, 3.63) is 59.2 Å². The van der Waals surface area contributed by atoms with Gasteiger partial charge in [0.1, 0.15) is 0 Å². The lowest BCUT2D eigenvalue weighted by atomic mass is 9.73. The normalized spacial score (nSPS) is 22.9. The molecule has 128 valence electrons. The molecule has 0 amide bonds. The van der Waals surface area contributed by atoms with Crippen LogP contribution in [0.4, 0.5) is 5.69 Å². The van der Waals surface area contributed by atoms with Gasteiger partial charge in [-0.15, -0.1) is 0 Å². The largest absolute Gasteiger partial charge is 0.378 e. The third kappa shape index (κ3) is 2.51. The Bertz CT molecular complexity index is 886. The lowest BCUT2D eigenvalue weighted by Crippen LogP contribution is -2.36. The standard InChI is InChI=1S/C23H25NO/c1-16-14-23-20-9-7-18(24-10-12-25-13-11-24)15-17(20)6-8-22(23)21-5-3-2-4-19(16)21/h4-9,15-16H,2-3,10-14H2,1H3. The smallest absolute Gasteiger partial charge is 0.0642 e. The molecule has 1 saturated heterocycles. The van der Waals surface area contributed by atoms with Gasteiger partial charge in [-0.25, -0.2) is 0 Å². The highest BCUT2D eigenvalue weighted by Gasteiger charge is 2.26. The first-order chi connectivity index (χ1) is 12.3. The quantitative estimate of drug-likeness (QED) is 0.731. The monoisotopic (exact) mass is 331 g/mol. The molecule has 1 atom stereocenters. The van der Waals surface area contributed by atoms with Crippen molar-refractivity contribution in [3.8, 4) is 0 Å². The summed E-state index contributed by atoms with van der Waals surface area (Å²) in [7, 11) is 0. The number of fused-ring (bicyclic) bond motifs is 5. The van der Waals surface area contributed by atoms with E-state index in [2.05, 4.69) is 54.3 Å². The summed E-state index contributed by atoms with van der Waals surface area (Å²) in [6, 6.07) is 11.7. The number of hydrogen-bond acceptors (Lipinski definition) is 2. The topological polar surface area (TPSA) is 12.5 Å². The van der Waals surface area contributed by atoms with Gasteiger partial charge in [-0.1, -0.05) is 37.3 Å². The molecule has 2 heteroatoms. The van der Waals surface area contributed by atoms with Crippen LogP contribution in [0.3, 0.4) is 0 Å². The molecule has 2 aromatic rings. The summed E-state index contributed by atoms with van der Waals surface area (Å²) in [6.45, 7) is 6.05. The molecule has 0 radical (unpaired) electrons. The Kier molecular flexibility index (Phi) is 3.67. The molecule has 2 nitrogen and oxygen atoms in total. The highest BCUT2D eigenvalue weighted by Crippen LogP contribution is 2.43. The number of nitrogens with zero attached hydrogens (tertiary/aromatic N) is 1. The van der Waals surface area contributed by atoms with Gasteiger partial charge in [-0.2, -0.15) is 0 Å². The van der Waals surface area contributed by atoms with E-state index in [-0.39, 0.29) is 0 Å². The van der Waals surface area contributed by atoms with Crippen LogP contribution in [-0.4, -0.2) is 26.3 Å². The molecule has 1 unspecified atom stereocenters. The Hall–Kier alpha value is -2.06. The molecule has 0 aromatic heterocycles. The highest BCUT2D eigenvalue weighted by molar-refractivity contribution is 5.96. The van der Waals surface area contributed by atoms with Crippen molar-refractivity contribution in [1.29, 1.82) is 0 Å². The molecule has 25 heavy (non-hydrogen) atoms. The van der Waals surface area contributed by atoms with Crippen molar-refractivity contribution in [2.75, 3.05) is 31.2 Å². The third-order valence-electron chi connectivity index (χ3n) is 6.01. The maximum Gasteiger partial charge on any atom is 0.0642 e. The Morgan fingerprint density at radius 2 is 1.84 bits per heavy atom. The number of rotatable bonds is 1. The van der Waals surface area contributed by atoms with Crippen LogP contribution >= 0.6 is 0 Å². The lowest BCUT2D eigenvalue weighted by Gasteiger charge is -2.32. The second-order valence-electron chi connectivity index (χ2n) is 7.56. The Balaban J connectivity index is 1.61. The summed E-state index contributed by atoms with van der Waals surface area (Å²) in [5.74, 6) is 0.628. The molecular formula is C23H25NO. The van der Waals surface area contributed by atoms with Crippen LogP contribution in [0.5, 0.6) is 0 Å². The van der Waals surface area contributed by atoms with Crippen molar-refractivity contribution in [2.45, 2.75) is 26.2 Å². The van der Waals surface area contributed by atoms with Gasteiger partial charge in [0, 0.05) is 18.8 Å². The van der Waals surface area contributed by atoms with Crippen molar-refractivity contribution >= 4 is 22.0 Å². The molecule has 1 heterocycles. The Morgan fingerprint density at radius 1 is 1.00 bits per heavy atom. The third-order valence-corrected chi connectivity index (χ3v) is 6.01. The molecule has 2 aromatic carbocycles. The van der Waals surface area contributed by atoms with Gasteiger partial charge in [0.2, 0.25) is 0 Å². The van der Waals surface area contributed by atoms with E-state index in [0.717, 1.165) is 32.7 Å². The first-order valence-corrected chi connectivity index (χ1v) is 9.60. The Labute approximate surface area is 149 Å². The molecule has 1 fully saturated rings. The van der Waals surface area contributed by atoms with E-state index in [1.165, 1.54) is 40.4 Å². The van der Waals surface area contributed by atoms with E-state index >= 15 is 0 Å². The second-order valence-corrected chi connectivity index (χ2v) is 7.56. The molecule has 2 aliphatic carbocycles. The van der Waals surface area contributed by atoms with E-state index in [1.54, 1.807) is 11.1 Å². The summed E-state index contributed by atoms with van der Waals surface area (Å²) >= 11 is 0. The van der Waals surface area contributed by atoms with Crippen LogP contribution in [0.1, 0.15) is 30.9 Å². The van der Waals surface area contributed by atoms with Crippen LogP contribution in [0, 0.1) is 5.92 Å². The van der Waals surface area contributed by atoms with Gasteiger partial charge >= 0.3 is 0 Å². The average molecular weight is 331 g/mol. The predicted octanol–water partition coefficient (Wildman–Crippen LogP) is 4.97. The van der Waals surface area contributed by atoms with Gasteiger partial charge in [-0.3, -0.25) is 0 Å². The van der Waals surface area contributed by atoms with Gasteiger partial charge < -0.3 is 9.64 Å². The van der Waals surface area contributed by atoms with Crippen LogP contribution in [0.15, 0.2) is 48.1 Å². The number of allylic oxidation sites excluding steroid dienone is 4. The molecule has 0 saturated carbocycles. The van der Waals surface area contributed by atoms with Gasteiger partial charge in [0.25, 0.3) is 0 Å². The van der Waals surface area contributed by atoms with Crippen molar-refractivity contribution in [3.63, 3.8) is 0 Å². The highest BCUT2D eigenvalue weighted by atomic mass is 16.5. The number of morpholine rings is 1. The molecule has 0 bridgehead atoms. The van der Waals surface area contributed by atoms with Crippen molar-refractivity contribution in [2.24, 2.45) is 5.92 Å². The first-order valence-electron chi connectivity index (χ1n) is 9.60. The van der Waals surface area contributed by atoms with Gasteiger partial charge in [0.15, 0.2) is 0 Å². The summed E-state index contributed by atoms with van der Waals surface area (Å²) < 4.78 is 5.49. The van der Waals surface area contributed by atoms with E-state index < -0.39 is 0 Å². The lowest BCUT2D eigenvalue weighted by molar-refractivity contribution is 0.122. The first kappa shape index (κ1) is 15.2. The van der Waals surface area contributed by atoms with Gasteiger partial charge in [0.05, 0.1) is 13.2 Å².